The predicted molar refractivity (Wildman–Crippen MR) is 92.6 cm³/mol. The summed E-state index contributed by atoms with van der Waals surface area (Å²) in [4.78, 5) is 37.8. The van der Waals surface area contributed by atoms with Gasteiger partial charge in [-0.15, -0.1) is 0 Å². The lowest BCUT2D eigenvalue weighted by atomic mass is 9.88. The van der Waals surface area contributed by atoms with Gasteiger partial charge in [-0.25, -0.2) is 4.79 Å². The second-order valence-electron chi connectivity index (χ2n) is 6.33. The monoisotopic (exact) mass is 337 g/mol. The number of primary amides is 1. The Morgan fingerprint density at radius 2 is 1.88 bits per heavy atom. The van der Waals surface area contributed by atoms with Gasteiger partial charge in [0.05, 0.1) is 6.54 Å². The molecule has 2 aromatic carbocycles. The molecule has 0 radical (unpaired) electrons. The molecule has 4 amide bonds. The maximum atomic E-state index is 13.0. The molecule has 25 heavy (non-hydrogen) atoms. The van der Waals surface area contributed by atoms with Crippen LogP contribution in [-0.4, -0.2) is 22.7 Å². The van der Waals surface area contributed by atoms with Crippen LogP contribution in [-0.2, 0) is 16.9 Å². The third kappa shape index (κ3) is 2.87. The second kappa shape index (κ2) is 6.05. The van der Waals surface area contributed by atoms with Crippen LogP contribution in [0.3, 0.4) is 0 Å². The van der Waals surface area contributed by atoms with Crippen LogP contribution in [0, 0.1) is 6.92 Å². The fraction of sp³-hybridized carbons (Fsp3) is 0.211. The molecule has 3 N–H and O–H groups in total. The number of hydrogen-bond acceptors (Lipinski definition) is 3. The molecule has 1 unspecified atom stereocenters. The number of nitrogens with one attached hydrogen (secondary N) is 1. The number of nitrogens with zero attached hydrogens (tertiary/aromatic N) is 1. The van der Waals surface area contributed by atoms with Crippen molar-refractivity contribution < 1.29 is 14.4 Å². The minimum absolute atomic E-state index is 0.0766. The number of carbonyl (C=O) groups is 3. The number of urea groups is 1. The molecule has 1 aliphatic heterocycles. The van der Waals surface area contributed by atoms with Gasteiger partial charge in [-0.05, 0) is 42.7 Å². The Morgan fingerprint density at radius 3 is 2.56 bits per heavy atom. The summed E-state index contributed by atoms with van der Waals surface area (Å²) in [5.74, 6) is -0.875. The van der Waals surface area contributed by atoms with Crippen molar-refractivity contribution in [2.75, 3.05) is 0 Å². The third-order valence-corrected chi connectivity index (χ3v) is 4.51. The average Bonchev–Trinajstić information content (AvgIpc) is 2.79. The molecule has 0 spiro atoms. The number of carbonyl (C=O) groups excluding carboxylic acids is 3. The molecule has 128 valence electrons. The topological polar surface area (TPSA) is 92.5 Å². The Hall–Kier alpha value is -3.15. The van der Waals surface area contributed by atoms with E-state index < -0.39 is 17.5 Å². The van der Waals surface area contributed by atoms with Crippen LogP contribution in [0.25, 0.3) is 0 Å². The van der Waals surface area contributed by atoms with Gasteiger partial charge < -0.3 is 11.1 Å². The zero-order valence-electron chi connectivity index (χ0n) is 14.1. The van der Waals surface area contributed by atoms with Crippen molar-refractivity contribution in [1.29, 1.82) is 0 Å². The van der Waals surface area contributed by atoms with Gasteiger partial charge in [0.1, 0.15) is 5.54 Å². The van der Waals surface area contributed by atoms with Crippen molar-refractivity contribution in [1.82, 2.24) is 10.2 Å². The molecular weight excluding hydrogens is 318 g/mol. The molecule has 2 aromatic rings. The van der Waals surface area contributed by atoms with Gasteiger partial charge in [-0.3, -0.25) is 14.5 Å². The molecule has 6 heteroatoms. The van der Waals surface area contributed by atoms with Gasteiger partial charge in [-0.2, -0.15) is 0 Å². The Balaban J connectivity index is 1.91. The van der Waals surface area contributed by atoms with E-state index in [0.29, 0.717) is 11.1 Å². The molecule has 0 bridgehead atoms. The van der Waals surface area contributed by atoms with Crippen molar-refractivity contribution in [2.45, 2.75) is 25.9 Å². The lowest BCUT2D eigenvalue weighted by Crippen LogP contribution is -2.41. The first-order chi connectivity index (χ1) is 11.8. The summed E-state index contributed by atoms with van der Waals surface area (Å²) < 4.78 is 0. The standard InChI is InChI=1S/C19H19N3O3/c1-12-6-3-4-9-15(12)19(2)17(24)22(18(25)21-19)11-13-7-5-8-14(10-13)16(20)23/h3-10H,11H2,1-2H3,(H2,20,23)(H,21,25). The lowest BCUT2D eigenvalue weighted by Gasteiger charge is -2.24. The van der Waals surface area contributed by atoms with E-state index in [0.717, 1.165) is 16.0 Å². The number of nitrogens with two attached hydrogens (primary N) is 1. The van der Waals surface area contributed by atoms with Crippen LogP contribution < -0.4 is 11.1 Å². The molecule has 1 heterocycles. The van der Waals surface area contributed by atoms with E-state index in [2.05, 4.69) is 5.32 Å². The number of rotatable bonds is 4. The quantitative estimate of drug-likeness (QED) is 0.837. The van der Waals surface area contributed by atoms with E-state index in [1.54, 1.807) is 31.2 Å². The zero-order valence-corrected chi connectivity index (χ0v) is 14.1. The summed E-state index contributed by atoms with van der Waals surface area (Å²) in [7, 11) is 0. The highest BCUT2D eigenvalue weighted by atomic mass is 16.2. The Morgan fingerprint density at radius 1 is 1.16 bits per heavy atom. The summed E-state index contributed by atoms with van der Waals surface area (Å²) in [5, 5.41) is 2.79. The van der Waals surface area contributed by atoms with E-state index >= 15 is 0 Å². The Labute approximate surface area is 145 Å². The van der Waals surface area contributed by atoms with Crippen LogP contribution >= 0.6 is 0 Å². The normalized spacial score (nSPS) is 19.8. The molecule has 1 saturated heterocycles. The fourth-order valence-corrected chi connectivity index (χ4v) is 3.16. The predicted octanol–water partition coefficient (Wildman–Crippen LogP) is 2.06. The summed E-state index contributed by atoms with van der Waals surface area (Å²) >= 11 is 0. The SMILES string of the molecule is Cc1ccccc1C1(C)NC(=O)N(Cc2cccc(C(N)=O)c2)C1=O. The largest absolute Gasteiger partial charge is 0.366 e. The van der Waals surface area contributed by atoms with E-state index in [4.69, 9.17) is 5.73 Å². The highest BCUT2D eigenvalue weighted by molar-refractivity contribution is 6.07. The fourth-order valence-electron chi connectivity index (χ4n) is 3.16. The molecule has 3 rings (SSSR count). The van der Waals surface area contributed by atoms with E-state index in [9.17, 15) is 14.4 Å². The maximum absolute atomic E-state index is 13.0. The molecule has 0 aromatic heterocycles. The van der Waals surface area contributed by atoms with Gasteiger partial charge in [0, 0.05) is 5.56 Å². The van der Waals surface area contributed by atoms with Crippen LogP contribution in [0.4, 0.5) is 4.79 Å². The highest BCUT2D eigenvalue weighted by Crippen LogP contribution is 2.31. The van der Waals surface area contributed by atoms with Gasteiger partial charge in [-0.1, -0.05) is 36.4 Å². The Bertz CT molecular complexity index is 878. The number of amides is 4. The minimum atomic E-state index is -1.11. The number of benzene rings is 2. The molecular formula is C19H19N3O3. The van der Waals surface area contributed by atoms with Crippen molar-refractivity contribution in [3.63, 3.8) is 0 Å². The first-order valence-corrected chi connectivity index (χ1v) is 7.92. The lowest BCUT2D eigenvalue weighted by molar-refractivity contribution is -0.131. The summed E-state index contributed by atoms with van der Waals surface area (Å²) in [5.41, 5.74) is 6.87. The van der Waals surface area contributed by atoms with Gasteiger partial charge >= 0.3 is 6.03 Å². The average molecular weight is 337 g/mol. The van der Waals surface area contributed by atoms with Crippen molar-refractivity contribution in [3.05, 3.63) is 70.8 Å². The first-order valence-electron chi connectivity index (χ1n) is 7.92. The molecule has 1 aliphatic rings. The van der Waals surface area contributed by atoms with Crippen LogP contribution in [0.1, 0.15) is 34.0 Å². The first kappa shape index (κ1) is 16.7. The van der Waals surface area contributed by atoms with Crippen LogP contribution in [0.2, 0.25) is 0 Å². The summed E-state index contributed by atoms with van der Waals surface area (Å²) in [6, 6.07) is 13.6. The Kier molecular flexibility index (Phi) is 4.04. The smallest absolute Gasteiger partial charge is 0.325 e. The number of imide groups is 1. The van der Waals surface area contributed by atoms with E-state index in [1.807, 2.05) is 31.2 Å². The van der Waals surface area contributed by atoms with E-state index in [1.165, 1.54) is 0 Å². The number of hydrogen-bond donors (Lipinski definition) is 2. The molecule has 6 nitrogen and oxygen atoms in total. The minimum Gasteiger partial charge on any atom is -0.366 e. The van der Waals surface area contributed by atoms with Crippen LogP contribution in [0.5, 0.6) is 0 Å². The number of aryl methyl sites for hydroxylation is 1. The summed E-state index contributed by atoms with van der Waals surface area (Å²) in [6.07, 6.45) is 0. The molecule has 0 saturated carbocycles. The zero-order chi connectivity index (χ0) is 18.2. The third-order valence-electron chi connectivity index (χ3n) is 4.51. The van der Waals surface area contributed by atoms with E-state index in [-0.39, 0.29) is 12.5 Å². The van der Waals surface area contributed by atoms with Gasteiger partial charge in [0.2, 0.25) is 5.91 Å². The summed E-state index contributed by atoms with van der Waals surface area (Å²) in [6.45, 7) is 3.68. The maximum Gasteiger partial charge on any atom is 0.325 e. The molecule has 1 fully saturated rings. The van der Waals surface area contributed by atoms with Gasteiger partial charge in [0.25, 0.3) is 5.91 Å². The van der Waals surface area contributed by atoms with Crippen molar-refractivity contribution >= 4 is 17.8 Å². The molecule has 1 atom stereocenters. The molecule has 0 aliphatic carbocycles. The highest BCUT2D eigenvalue weighted by Gasteiger charge is 2.49. The second-order valence-corrected chi connectivity index (χ2v) is 6.33. The van der Waals surface area contributed by atoms with Crippen LogP contribution in [0.15, 0.2) is 48.5 Å². The van der Waals surface area contributed by atoms with Crippen molar-refractivity contribution in [2.24, 2.45) is 5.73 Å². The van der Waals surface area contributed by atoms with Gasteiger partial charge in [0.15, 0.2) is 0 Å². The van der Waals surface area contributed by atoms with Crippen molar-refractivity contribution in [3.8, 4) is 0 Å².